The Morgan fingerprint density at radius 3 is 1.54 bits per heavy atom. The van der Waals surface area contributed by atoms with Gasteiger partial charge in [-0.1, -0.05) is 38.1 Å². The molecule has 2 heterocycles. The fourth-order valence-corrected chi connectivity index (χ4v) is 3.30. The van der Waals surface area contributed by atoms with Crippen molar-refractivity contribution in [1.29, 1.82) is 0 Å². The average molecular weight is 328 g/mol. The molecule has 3 nitrogen and oxygen atoms in total. The first kappa shape index (κ1) is 18.0. The van der Waals surface area contributed by atoms with Crippen LogP contribution in [0.1, 0.15) is 55.4 Å². The first-order valence-electron chi connectivity index (χ1n) is 8.98. The lowest BCUT2D eigenvalue weighted by Gasteiger charge is -2.34. The molecule has 1 aromatic carbocycles. The molecule has 0 saturated carbocycles. The summed E-state index contributed by atoms with van der Waals surface area (Å²) in [7, 11) is -0.304. The zero-order chi connectivity index (χ0) is 18.0. The van der Waals surface area contributed by atoms with Crippen molar-refractivity contribution < 1.29 is 14.0 Å². The molecule has 130 valence electrons. The van der Waals surface area contributed by atoms with Crippen LogP contribution in [0.4, 0.5) is 0 Å². The van der Waals surface area contributed by atoms with E-state index in [0.29, 0.717) is 0 Å². The molecule has 0 radical (unpaired) electrons. The fourth-order valence-electron chi connectivity index (χ4n) is 3.30. The summed E-state index contributed by atoms with van der Waals surface area (Å²) in [6.45, 7) is 17.4. The van der Waals surface area contributed by atoms with Gasteiger partial charge in [-0.25, -0.2) is 0 Å². The Bertz CT molecular complexity index is 533. The Labute approximate surface area is 147 Å². The molecule has 2 aliphatic heterocycles. The third kappa shape index (κ3) is 2.85. The van der Waals surface area contributed by atoms with Crippen molar-refractivity contribution in [2.75, 3.05) is 0 Å². The maximum Gasteiger partial charge on any atom is 0.494 e. The number of benzene rings is 1. The van der Waals surface area contributed by atoms with Crippen LogP contribution in [0.3, 0.4) is 0 Å². The van der Waals surface area contributed by atoms with Gasteiger partial charge < -0.3 is 14.0 Å². The average Bonchev–Trinajstić information content (AvgIpc) is 2.79. The van der Waals surface area contributed by atoms with E-state index in [1.807, 2.05) is 0 Å². The van der Waals surface area contributed by atoms with Gasteiger partial charge in [0.25, 0.3) is 0 Å². The molecule has 0 unspecified atom stereocenters. The normalized spacial score (nSPS) is 26.8. The second kappa shape index (κ2) is 5.36. The van der Waals surface area contributed by atoms with Gasteiger partial charge >= 0.3 is 14.0 Å². The Morgan fingerprint density at radius 1 is 0.667 bits per heavy atom. The maximum absolute atomic E-state index is 6.32. The van der Waals surface area contributed by atoms with Crippen molar-refractivity contribution in [2.45, 2.75) is 78.5 Å². The lowest BCUT2D eigenvalue weighted by Crippen LogP contribution is -2.41. The van der Waals surface area contributed by atoms with Crippen LogP contribution in [0.25, 0.3) is 0 Å². The molecule has 0 aromatic heterocycles. The molecule has 2 fully saturated rings. The SMILES string of the molecule is CC1(C)CB(c2ccc(B3OC(C)(C)C(C)(C)O3)cc2)OC1(C)C. The van der Waals surface area contributed by atoms with Gasteiger partial charge in [-0.3, -0.25) is 0 Å². The zero-order valence-corrected chi connectivity index (χ0v) is 16.4. The van der Waals surface area contributed by atoms with Crippen molar-refractivity contribution in [1.82, 2.24) is 0 Å². The summed E-state index contributed by atoms with van der Waals surface area (Å²) in [4.78, 5) is 0. The van der Waals surface area contributed by atoms with E-state index in [-0.39, 0.29) is 36.3 Å². The molecule has 5 heteroatoms. The monoisotopic (exact) mass is 328 g/mol. The van der Waals surface area contributed by atoms with E-state index < -0.39 is 0 Å². The third-order valence-corrected chi connectivity index (χ3v) is 6.60. The zero-order valence-electron chi connectivity index (χ0n) is 16.4. The van der Waals surface area contributed by atoms with Gasteiger partial charge in [-0.15, -0.1) is 0 Å². The number of rotatable bonds is 2. The highest BCUT2D eigenvalue weighted by Crippen LogP contribution is 2.45. The van der Waals surface area contributed by atoms with E-state index in [2.05, 4.69) is 79.7 Å². The summed E-state index contributed by atoms with van der Waals surface area (Å²) in [5.74, 6) is 0. The molecule has 0 aliphatic carbocycles. The minimum atomic E-state index is -0.307. The molecular weight excluding hydrogens is 298 g/mol. The van der Waals surface area contributed by atoms with Crippen molar-refractivity contribution in [3.8, 4) is 0 Å². The topological polar surface area (TPSA) is 27.7 Å². The summed E-state index contributed by atoms with van der Waals surface area (Å²) in [5, 5.41) is 0. The van der Waals surface area contributed by atoms with E-state index in [0.717, 1.165) is 11.8 Å². The number of hydrogen-bond acceptors (Lipinski definition) is 3. The Morgan fingerprint density at radius 2 is 1.12 bits per heavy atom. The predicted octanol–water partition coefficient (Wildman–Crippen LogP) is 3.02. The summed E-state index contributed by atoms with van der Waals surface area (Å²) in [6.07, 6.45) is 1.04. The molecule has 2 aliphatic rings. The molecule has 1 aromatic rings. The molecule has 0 amide bonds. The van der Waals surface area contributed by atoms with Crippen molar-refractivity contribution in [2.24, 2.45) is 5.41 Å². The lowest BCUT2D eigenvalue weighted by atomic mass is 9.54. The Hall–Kier alpha value is -0.770. The summed E-state index contributed by atoms with van der Waals surface area (Å²) in [5.41, 5.74) is 1.74. The minimum absolute atomic E-state index is 0.109. The second-order valence-electron chi connectivity index (χ2n) is 9.46. The van der Waals surface area contributed by atoms with Crippen LogP contribution in [0, 0.1) is 5.41 Å². The van der Waals surface area contributed by atoms with Crippen LogP contribution in [0.5, 0.6) is 0 Å². The highest BCUT2D eigenvalue weighted by molar-refractivity contribution is 6.68. The van der Waals surface area contributed by atoms with Crippen LogP contribution < -0.4 is 10.9 Å². The van der Waals surface area contributed by atoms with Crippen LogP contribution >= 0.6 is 0 Å². The molecule has 2 saturated heterocycles. The molecule has 0 N–H and O–H groups in total. The highest BCUT2D eigenvalue weighted by atomic mass is 16.7. The first-order chi connectivity index (χ1) is 10.8. The lowest BCUT2D eigenvalue weighted by molar-refractivity contribution is 0.00578. The van der Waals surface area contributed by atoms with Crippen LogP contribution in [0.2, 0.25) is 6.32 Å². The van der Waals surface area contributed by atoms with Crippen molar-refractivity contribution in [3.63, 3.8) is 0 Å². The largest absolute Gasteiger partial charge is 0.494 e. The maximum atomic E-state index is 6.32. The first-order valence-corrected chi connectivity index (χ1v) is 8.98. The van der Waals surface area contributed by atoms with E-state index in [1.54, 1.807) is 0 Å². The number of hydrogen-bond donors (Lipinski definition) is 0. The molecule has 3 rings (SSSR count). The summed E-state index contributed by atoms with van der Waals surface area (Å²) in [6, 6.07) is 8.53. The van der Waals surface area contributed by atoms with Crippen molar-refractivity contribution >= 4 is 25.0 Å². The smallest absolute Gasteiger partial charge is 0.426 e. The quantitative estimate of drug-likeness (QED) is 0.781. The molecular formula is C19H30B2O3. The molecule has 0 spiro atoms. The van der Waals surface area contributed by atoms with E-state index in [4.69, 9.17) is 14.0 Å². The standard InChI is InChI=1S/C19H30B2O3/c1-16(2)13-20(22-17(16,3)4)14-9-11-15(12-10-14)21-23-18(5,6)19(7,8)24-21/h9-12H,13H2,1-8H3. The van der Waals surface area contributed by atoms with Gasteiger partial charge in [0, 0.05) is 0 Å². The minimum Gasteiger partial charge on any atom is -0.426 e. The van der Waals surface area contributed by atoms with Gasteiger partial charge in [-0.05, 0) is 64.2 Å². The van der Waals surface area contributed by atoms with E-state index in [1.165, 1.54) is 5.46 Å². The van der Waals surface area contributed by atoms with Gasteiger partial charge in [0.2, 0.25) is 0 Å². The molecule has 24 heavy (non-hydrogen) atoms. The highest BCUT2D eigenvalue weighted by Gasteiger charge is 2.52. The van der Waals surface area contributed by atoms with Crippen LogP contribution in [0.15, 0.2) is 24.3 Å². The molecule has 0 atom stereocenters. The van der Waals surface area contributed by atoms with Crippen LogP contribution in [-0.2, 0) is 14.0 Å². The van der Waals surface area contributed by atoms with E-state index >= 15 is 0 Å². The Balaban J connectivity index is 1.76. The summed E-state index contributed by atoms with van der Waals surface area (Å²) < 4.78 is 18.6. The van der Waals surface area contributed by atoms with Gasteiger partial charge in [0.1, 0.15) is 0 Å². The van der Waals surface area contributed by atoms with E-state index in [9.17, 15) is 0 Å². The predicted molar refractivity (Wildman–Crippen MR) is 101 cm³/mol. The van der Waals surface area contributed by atoms with Crippen LogP contribution in [-0.4, -0.2) is 30.8 Å². The second-order valence-corrected chi connectivity index (χ2v) is 9.46. The fraction of sp³-hybridized carbons (Fsp3) is 0.684. The third-order valence-electron chi connectivity index (χ3n) is 6.60. The Kier molecular flexibility index (Phi) is 4.03. The van der Waals surface area contributed by atoms with Gasteiger partial charge in [0.05, 0.1) is 16.8 Å². The van der Waals surface area contributed by atoms with Gasteiger partial charge in [-0.2, -0.15) is 0 Å². The summed E-state index contributed by atoms with van der Waals surface area (Å²) >= 11 is 0. The molecule has 0 bridgehead atoms. The van der Waals surface area contributed by atoms with Gasteiger partial charge in [0.15, 0.2) is 0 Å². The van der Waals surface area contributed by atoms with Crippen molar-refractivity contribution in [3.05, 3.63) is 24.3 Å².